The molecule has 72 valence electrons. The Labute approximate surface area is 80.1 Å². The third kappa shape index (κ3) is 1.61. The highest BCUT2D eigenvalue weighted by atomic mass is 35.5. The molecule has 0 aromatic rings. The molecule has 2 atom stereocenters. The number of hydrogen-bond donors (Lipinski definition) is 2. The van der Waals surface area contributed by atoms with Crippen molar-refractivity contribution in [2.24, 2.45) is 5.92 Å². The van der Waals surface area contributed by atoms with Gasteiger partial charge in [0.15, 0.2) is 0 Å². The number of nitrogens with one attached hydrogen (secondary N) is 1. The molecule has 2 nitrogen and oxygen atoms in total. The van der Waals surface area contributed by atoms with Gasteiger partial charge in [0.25, 0.3) is 0 Å². The summed E-state index contributed by atoms with van der Waals surface area (Å²) in [6, 6.07) is 0. The molecule has 1 saturated heterocycles. The molecular weight excluding hydrogens is 174 g/mol. The van der Waals surface area contributed by atoms with Crippen LogP contribution in [0.4, 0.5) is 0 Å². The van der Waals surface area contributed by atoms with Gasteiger partial charge in [-0.2, -0.15) is 0 Å². The maximum Gasteiger partial charge on any atom is 0.0682 e. The SMILES string of the molecule is CC1(C2CCC2)CC(O)CN1.Cl. The van der Waals surface area contributed by atoms with Gasteiger partial charge in [-0.1, -0.05) is 6.42 Å². The van der Waals surface area contributed by atoms with Gasteiger partial charge in [0.2, 0.25) is 0 Å². The summed E-state index contributed by atoms with van der Waals surface area (Å²) in [5, 5.41) is 12.8. The van der Waals surface area contributed by atoms with Crippen LogP contribution in [0, 0.1) is 5.92 Å². The van der Waals surface area contributed by atoms with Crippen molar-refractivity contribution in [3.63, 3.8) is 0 Å². The Morgan fingerprint density at radius 1 is 1.42 bits per heavy atom. The van der Waals surface area contributed by atoms with Crippen LogP contribution in [0.1, 0.15) is 32.6 Å². The maximum atomic E-state index is 9.37. The van der Waals surface area contributed by atoms with Gasteiger partial charge in [0.05, 0.1) is 6.10 Å². The highest BCUT2D eigenvalue weighted by molar-refractivity contribution is 5.85. The first kappa shape index (κ1) is 10.3. The van der Waals surface area contributed by atoms with E-state index in [0.717, 1.165) is 18.9 Å². The Hall–Kier alpha value is 0.210. The van der Waals surface area contributed by atoms with Crippen LogP contribution >= 0.6 is 12.4 Å². The van der Waals surface area contributed by atoms with E-state index in [0.29, 0.717) is 0 Å². The second-order valence-corrected chi connectivity index (χ2v) is 4.28. The van der Waals surface area contributed by atoms with Crippen LogP contribution in [0.2, 0.25) is 0 Å². The lowest BCUT2D eigenvalue weighted by Gasteiger charge is -2.40. The van der Waals surface area contributed by atoms with Crippen LogP contribution < -0.4 is 5.32 Å². The van der Waals surface area contributed by atoms with E-state index < -0.39 is 0 Å². The molecule has 2 aliphatic rings. The highest BCUT2D eigenvalue weighted by Gasteiger charge is 2.42. The van der Waals surface area contributed by atoms with Crippen molar-refractivity contribution in [2.75, 3.05) is 6.54 Å². The molecule has 2 unspecified atom stereocenters. The molecule has 0 spiro atoms. The third-order valence-corrected chi connectivity index (χ3v) is 3.41. The summed E-state index contributed by atoms with van der Waals surface area (Å²) in [4.78, 5) is 0. The lowest BCUT2D eigenvalue weighted by molar-refractivity contribution is 0.134. The van der Waals surface area contributed by atoms with Crippen molar-refractivity contribution >= 4 is 12.4 Å². The van der Waals surface area contributed by atoms with Gasteiger partial charge in [-0.3, -0.25) is 0 Å². The molecule has 1 saturated carbocycles. The largest absolute Gasteiger partial charge is 0.392 e. The molecule has 1 aliphatic heterocycles. The number of aliphatic hydroxyl groups is 1. The monoisotopic (exact) mass is 191 g/mol. The Bertz CT molecular complexity index is 161. The Kier molecular flexibility index (Phi) is 3.02. The fourth-order valence-corrected chi connectivity index (χ4v) is 2.34. The molecule has 0 aromatic carbocycles. The van der Waals surface area contributed by atoms with Crippen molar-refractivity contribution in [1.82, 2.24) is 5.32 Å². The molecule has 0 aromatic heterocycles. The standard InChI is InChI=1S/C9H17NO.ClH/c1-9(7-3-2-4-7)5-8(11)6-10-9;/h7-8,10-11H,2-6H2,1H3;1H. The minimum atomic E-state index is -0.0967. The number of rotatable bonds is 1. The number of hydrogen-bond acceptors (Lipinski definition) is 2. The predicted octanol–water partition coefficient (Wildman–Crippen LogP) is 1.32. The van der Waals surface area contributed by atoms with Gasteiger partial charge in [-0.15, -0.1) is 12.4 Å². The summed E-state index contributed by atoms with van der Waals surface area (Å²) in [7, 11) is 0. The van der Waals surface area contributed by atoms with Gasteiger partial charge in [0, 0.05) is 12.1 Å². The zero-order valence-electron chi connectivity index (χ0n) is 7.55. The topological polar surface area (TPSA) is 32.3 Å². The summed E-state index contributed by atoms with van der Waals surface area (Å²) in [6.07, 6.45) is 4.96. The molecule has 0 bridgehead atoms. The zero-order valence-corrected chi connectivity index (χ0v) is 8.36. The first-order valence-electron chi connectivity index (χ1n) is 4.64. The molecule has 1 aliphatic carbocycles. The third-order valence-electron chi connectivity index (χ3n) is 3.41. The first-order valence-corrected chi connectivity index (χ1v) is 4.64. The highest BCUT2D eigenvalue weighted by Crippen LogP contribution is 2.40. The molecule has 2 fully saturated rings. The van der Waals surface area contributed by atoms with Crippen LogP contribution in [0.5, 0.6) is 0 Å². The van der Waals surface area contributed by atoms with E-state index in [2.05, 4.69) is 12.2 Å². The minimum absolute atomic E-state index is 0. The normalized spacial score (nSPS) is 42.0. The Balaban J connectivity index is 0.000000720. The lowest BCUT2D eigenvalue weighted by Crippen LogP contribution is -2.46. The van der Waals surface area contributed by atoms with Crippen LogP contribution in [0.3, 0.4) is 0 Å². The number of β-amino-alcohol motifs (C(OH)–C–C–N with tert-alkyl or cyclic N) is 1. The van der Waals surface area contributed by atoms with Crippen LogP contribution in [0.25, 0.3) is 0 Å². The summed E-state index contributed by atoms with van der Waals surface area (Å²) < 4.78 is 0. The quantitative estimate of drug-likeness (QED) is 0.656. The second kappa shape index (κ2) is 3.52. The van der Waals surface area contributed by atoms with Gasteiger partial charge in [-0.05, 0) is 32.1 Å². The van der Waals surface area contributed by atoms with Gasteiger partial charge < -0.3 is 10.4 Å². The Morgan fingerprint density at radius 3 is 2.42 bits per heavy atom. The van der Waals surface area contributed by atoms with Crippen LogP contribution in [-0.2, 0) is 0 Å². The van der Waals surface area contributed by atoms with E-state index in [1.807, 2.05) is 0 Å². The molecule has 2 rings (SSSR count). The van der Waals surface area contributed by atoms with Gasteiger partial charge in [0.1, 0.15) is 0 Å². The van der Waals surface area contributed by atoms with E-state index in [1.54, 1.807) is 0 Å². The molecular formula is C9H18ClNO. The van der Waals surface area contributed by atoms with E-state index in [4.69, 9.17) is 0 Å². The second-order valence-electron chi connectivity index (χ2n) is 4.28. The summed E-state index contributed by atoms with van der Waals surface area (Å²) in [6.45, 7) is 3.06. The molecule has 2 N–H and O–H groups in total. The van der Waals surface area contributed by atoms with Gasteiger partial charge >= 0.3 is 0 Å². The molecule has 1 heterocycles. The first-order chi connectivity index (χ1) is 5.21. The van der Waals surface area contributed by atoms with Crippen molar-refractivity contribution in [2.45, 2.75) is 44.2 Å². The van der Waals surface area contributed by atoms with Crippen LogP contribution in [-0.4, -0.2) is 23.3 Å². The molecule has 0 amide bonds. The van der Waals surface area contributed by atoms with E-state index in [9.17, 15) is 5.11 Å². The molecule has 0 radical (unpaired) electrons. The predicted molar refractivity (Wildman–Crippen MR) is 51.6 cm³/mol. The van der Waals surface area contributed by atoms with Crippen molar-refractivity contribution in [1.29, 1.82) is 0 Å². The summed E-state index contributed by atoms with van der Waals surface area (Å²) >= 11 is 0. The minimum Gasteiger partial charge on any atom is -0.392 e. The number of halogens is 1. The Morgan fingerprint density at radius 2 is 2.08 bits per heavy atom. The van der Waals surface area contributed by atoms with E-state index >= 15 is 0 Å². The average molecular weight is 192 g/mol. The fraction of sp³-hybridized carbons (Fsp3) is 1.00. The lowest BCUT2D eigenvalue weighted by atomic mass is 9.71. The van der Waals surface area contributed by atoms with Crippen molar-refractivity contribution in [3.8, 4) is 0 Å². The summed E-state index contributed by atoms with van der Waals surface area (Å²) in [5.41, 5.74) is 0.262. The van der Waals surface area contributed by atoms with E-state index in [1.165, 1.54) is 19.3 Å². The smallest absolute Gasteiger partial charge is 0.0682 e. The number of aliphatic hydroxyl groups excluding tert-OH is 1. The van der Waals surface area contributed by atoms with E-state index in [-0.39, 0.29) is 24.0 Å². The maximum absolute atomic E-state index is 9.37. The fourth-order valence-electron chi connectivity index (χ4n) is 2.34. The van der Waals surface area contributed by atoms with Crippen LogP contribution in [0.15, 0.2) is 0 Å². The van der Waals surface area contributed by atoms with Crippen molar-refractivity contribution in [3.05, 3.63) is 0 Å². The molecule has 3 heteroatoms. The average Bonchev–Trinajstić information content (AvgIpc) is 2.06. The van der Waals surface area contributed by atoms with Gasteiger partial charge in [-0.25, -0.2) is 0 Å². The molecule has 12 heavy (non-hydrogen) atoms. The summed E-state index contributed by atoms with van der Waals surface area (Å²) in [5.74, 6) is 0.833. The van der Waals surface area contributed by atoms with Crippen molar-refractivity contribution < 1.29 is 5.11 Å². The zero-order chi connectivity index (χ0) is 7.90.